The molecule has 1 aliphatic heterocycles. The first kappa shape index (κ1) is 18.5. The van der Waals surface area contributed by atoms with Crippen LogP contribution in [0.2, 0.25) is 0 Å². The fourth-order valence-electron chi connectivity index (χ4n) is 2.19. The van der Waals surface area contributed by atoms with Crippen LogP contribution >= 0.6 is 24.0 Å². The van der Waals surface area contributed by atoms with Gasteiger partial charge in [-0.05, 0) is 48.1 Å². The topological polar surface area (TPSA) is 119 Å². The molecule has 1 heterocycles. The van der Waals surface area contributed by atoms with Crippen molar-refractivity contribution >= 4 is 57.3 Å². The van der Waals surface area contributed by atoms with E-state index >= 15 is 0 Å². The van der Waals surface area contributed by atoms with Gasteiger partial charge in [-0.2, -0.15) is 0 Å². The van der Waals surface area contributed by atoms with Crippen LogP contribution in [0.25, 0.3) is 6.08 Å². The number of carbonyl (C=O) groups excluding carboxylic acids is 1. The van der Waals surface area contributed by atoms with Gasteiger partial charge in [-0.3, -0.25) is 30.4 Å². The van der Waals surface area contributed by atoms with Crippen LogP contribution in [0, 0.1) is 20.2 Å². The van der Waals surface area contributed by atoms with Crippen molar-refractivity contribution in [2.75, 3.05) is 5.43 Å². The van der Waals surface area contributed by atoms with Crippen LogP contribution in [0.3, 0.4) is 0 Å². The number of nitrogens with one attached hydrogen (secondary N) is 1. The number of hydrogen-bond acceptors (Lipinski definition) is 8. The molecule has 136 valence electrons. The first-order chi connectivity index (χ1) is 12.8. The van der Waals surface area contributed by atoms with Crippen LogP contribution in [0.1, 0.15) is 5.56 Å². The van der Waals surface area contributed by atoms with Gasteiger partial charge in [0.15, 0.2) is 4.32 Å². The van der Waals surface area contributed by atoms with Gasteiger partial charge in [-0.15, -0.1) is 0 Å². The number of amides is 1. The van der Waals surface area contributed by atoms with Crippen molar-refractivity contribution in [1.29, 1.82) is 0 Å². The molecule has 2 aromatic carbocycles. The number of anilines is 1. The highest BCUT2D eigenvalue weighted by molar-refractivity contribution is 8.26. The Morgan fingerprint density at radius 1 is 0.963 bits per heavy atom. The number of nitro groups is 2. The second-order valence-electron chi connectivity index (χ2n) is 5.28. The summed E-state index contributed by atoms with van der Waals surface area (Å²) in [5.74, 6) is -0.387. The third kappa shape index (κ3) is 4.10. The monoisotopic (exact) mass is 402 g/mol. The van der Waals surface area contributed by atoms with E-state index in [9.17, 15) is 25.0 Å². The van der Waals surface area contributed by atoms with E-state index in [2.05, 4.69) is 5.43 Å². The Morgan fingerprint density at radius 2 is 1.48 bits per heavy atom. The first-order valence-corrected chi connectivity index (χ1v) is 8.61. The molecule has 2 aromatic rings. The molecule has 0 bridgehead atoms. The standard InChI is InChI=1S/C16H10N4O5S2/c21-15-14(9-10-1-5-12(6-2-10)19(22)23)27-16(26)18(15)17-11-3-7-13(8-4-11)20(24)25/h1-9,17H/b14-9+. The van der Waals surface area contributed by atoms with Crippen LogP contribution in [-0.2, 0) is 4.79 Å². The third-order valence-corrected chi connectivity index (χ3v) is 4.82. The van der Waals surface area contributed by atoms with Gasteiger partial charge in [0.2, 0.25) is 0 Å². The number of nitro benzene ring substituents is 2. The summed E-state index contributed by atoms with van der Waals surface area (Å²) in [6.07, 6.45) is 1.58. The van der Waals surface area contributed by atoms with E-state index in [0.717, 1.165) is 11.8 Å². The second kappa shape index (κ2) is 7.51. The van der Waals surface area contributed by atoms with Crippen molar-refractivity contribution in [1.82, 2.24) is 5.01 Å². The van der Waals surface area contributed by atoms with Crippen molar-refractivity contribution in [3.05, 3.63) is 79.2 Å². The number of rotatable bonds is 5. The lowest BCUT2D eigenvalue weighted by Crippen LogP contribution is -2.33. The zero-order valence-electron chi connectivity index (χ0n) is 13.4. The first-order valence-electron chi connectivity index (χ1n) is 7.38. The molecule has 0 saturated carbocycles. The average Bonchev–Trinajstić information content (AvgIpc) is 2.90. The SMILES string of the molecule is O=C1/C(=C\c2ccc([N+](=O)[O-])cc2)SC(=S)N1Nc1ccc([N+](=O)[O-])cc1. The lowest BCUT2D eigenvalue weighted by atomic mass is 10.2. The van der Waals surface area contributed by atoms with Gasteiger partial charge in [0, 0.05) is 24.3 Å². The molecule has 11 heteroatoms. The molecular formula is C16H10N4O5S2. The molecule has 0 aromatic heterocycles. The second-order valence-corrected chi connectivity index (χ2v) is 6.96. The molecule has 27 heavy (non-hydrogen) atoms. The summed E-state index contributed by atoms with van der Waals surface area (Å²) in [5, 5.41) is 22.5. The van der Waals surface area contributed by atoms with Gasteiger partial charge in [-0.1, -0.05) is 11.8 Å². The van der Waals surface area contributed by atoms with Gasteiger partial charge in [-0.25, -0.2) is 5.01 Å². The highest BCUT2D eigenvalue weighted by Crippen LogP contribution is 2.33. The number of nitrogens with zero attached hydrogens (tertiary/aromatic N) is 3. The maximum atomic E-state index is 12.5. The van der Waals surface area contributed by atoms with Gasteiger partial charge < -0.3 is 0 Å². The lowest BCUT2D eigenvalue weighted by molar-refractivity contribution is -0.385. The normalized spacial score (nSPS) is 15.3. The zero-order valence-corrected chi connectivity index (χ0v) is 15.0. The quantitative estimate of drug-likeness (QED) is 0.348. The van der Waals surface area contributed by atoms with Crippen molar-refractivity contribution in [3.8, 4) is 0 Å². The molecule has 0 radical (unpaired) electrons. The fourth-order valence-corrected chi connectivity index (χ4v) is 3.37. The largest absolute Gasteiger partial charge is 0.290 e. The minimum Gasteiger partial charge on any atom is -0.290 e. The van der Waals surface area contributed by atoms with Gasteiger partial charge in [0.05, 0.1) is 20.4 Å². The molecular weight excluding hydrogens is 392 g/mol. The molecule has 9 nitrogen and oxygen atoms in total. The van der Waals surface area contributed by atoms with Crippen LogP contribution in [-0.4, -0.2) is 25.1 Å². The Hall–Kier alpha value is -3.31. The van der Waals surface area contributed by atoms with E-state index in [0.29, 0.717) is 16.2 Å². The predicted molar refractivity (Wildman–Crippen MR) is 105 cm³/mol. The van der Waals surface area contributed by atoms with Crippen LogP contribution in [0.4, 0.5) is 17.1 Å². The van der Waals surface area contributed by atoms with Gasteiger partial charge in [0.25, 0.3) is 17.3 Å². The van der Waals surface area contributed by atoms with Crippen molar-refractivity contribution in [2.45, 2.75) is 0 Å². The summed E-state index contributed by atoms with van der Waals surface area (Å²) < 4.78 is 0.270. The Labute approximate surface area is 161 Å². The summed E-state index contributed by atoms with van der Waals surface area (Å²) in [7, 11) is 0. The van der Waals surface area contributed by atoms with E-state index in [1.165, 1.54) is 53.5 Å². The van der Waals surface area contributed by atoms with Crippen molar-refractivity contribution in [3.63, 3.8) is 0 Å². The van der Waals surface area contributed by atoms with Gasteiger partial charge >= 0.3 is 0 Å². The third-order valence-electron chi connectivity index (χ3n) is 3.51. The highest BCUT2D eigenvalue weighted by Gasteiger charge is 2.32. The molecule has 3 rings (SSSR count). The van der Waals surface area contributed by atoms with Crippen LogP contribution in [0.15, 0.2) is 53.4 Å². The number of thiocarbonyl (C=S) groups is 1. The Kier molecular flexibility index (Phi) is 5.14. The molecule has 0 atom stereocenters. The number of hydrazine groups is 1. The molecule has 0 aliphatic carbocycles. The molecule has 0 spiro atoms. The zero-order chi connectivity index (χ0) is 19.6. The fraction of sp³-hybridized carbons (Fsp3) is 0. The summed E-state index contributed by atoms with van der Waals surface area (Å²) in [6.45, 7) is 0. The number of carbonyl (C=O) groups is 1. The number of hydrogen-bond donors (Lipinski definition) is 1. The summed E-state index contributed by atoms with van der Waals surface area (Å²) >= 11 is 6.28. The van der Waals surface area contributed by atoms with Crippen molar-refractivity contribution in [2.24, 2.45) is 0 Å². The summed E-state index contributed by atoms with van der Waals surface area (Å²) in [6, 6.07) is 11.3. The van der Waals surface area contributed by atoms with Crippen LogP contribution in [0.5, 0.6) is 0 Å². The van der Waals surface area contributed by atoms with E-state index in [1.54, 1.807) is 6.08 Å². The Bertz CT molecular complexity index is 973. The maximum Gasteiger partial charge on any atom is 0.285 e. The highest BCUT2D eigenvalue weighted by atomic mass is 32.2. The lowest BCUT2D eigenvalue weighted by Gasteiger charge is -2.16. The number of benzene rings is 2. The molecule has 1 saturated heterocycles. The van der Waals surface area contributed by atoms with E-state index < -0.39 is 9.85 Å². The van der Waals surface area contributed by atoms with Crippen LogP contribution < -0.4 is 5.43 Å². The average molecular weight is 402 g/mol. The molecule has 1 fully saturated rings. The van der Waals surface area contributed by atoms with E-state index in [4.69, 9.17) is 12.2 Å². The van der Waals surface area contributed by atoms with Gasteiger partial charge in [0.1, 0.15) is 0 Å². The molecule has 1 aliphatic rings. The number of non-ortho nitro benzene ring substituents is 2. The smallest absolute Gasteiger partial charge is 0.285 e. The minimum atomic E-state index is -0.518. The summed E-state index contributed by atoms with van der Waals surface area (Å²) in [4.78, 5) is 33.3. The molecule has 0 unspecified atom stereocenters. The maximum absolute atomic E-state index is 12.5. The predicted octanol–water partition coefficient (Wildman–Crippen LogP) is 3.73. The molecule has 1 N–H and O–H groups in total. The Balaban J connectivity index is 1.76. The number of thioether (sulfide) groups is 1. The summed E-state index contributed by atoms with van der Waals surface area (Å²) in [5.41, 5.74) is 3.80. The molecule has 1 amide bonds. The van der Waals surface area contributed by atoms with E-state index in [-0.39, 0.29) is 21.6 Å². The Morgan fingerprint density at radius 3 is 2.00 bits per heavy atom. The van der Waals surface area contributed by atoms with E-state index in [1.807, 2.05) is 0 Å². The van der Waals surface area contributed by atoms with Crippen molar-refractivity contribution < 1.29 is 14.6 Å². The minimum absolute atomic E-state index is 0.0421.